The van der Waals surface area contributed by atoms with Crippen molar-refractivity contribution in [1.29, 1.82) is 0 Å². The van der Waals surface area contributed by atoms with Crippen LogP contribution in [0.5, 0.6) is 0 Å². The zero-order valence-electron chi connectivity index (χ0n) is 18.8. The first-order valence-corrected chi connectivity index (χ1v) is 11.2. The van der Waals surface area contributed by atoms with Crippen LogP contribution in [-0.2, 0) is 17.9 Å². The van der Waals surface area contributed by atoms with Crippen molar-refractivity contribution >= 4 is 17.4 Å². The fraction of sp³-hybridized carbons (Fsp3) is 0.185. The van der Waals surface area contributed by atoms with Crippen LogP contribution in [0.25, 0.3) is 11.3 Å². The number of halogens is 1. The molecule has 5 rings (SSSR count). The predicted octanol–water partition coefficient (Wildman–Crippen LogP) is 4.82. The van der Waals surface area contributed by atoms with Crippen LogP contribution in [0, 0.1) is 12.7 Å². The number of hydrogen-bond acceptors (Lipinski definition) is 4. The molecule has 0 saturated heterocycles. The van der Waals surface area contributed by atoms with Gasteiger partial charge in [-0.3, -0.25) is 4.79 Å². The van der Waals surface area contributed by atoms with Crippen LogP contribution in [0.3, 0.4) is 0 Å². The van der Waals surface area contributed by atoms with Gasteiger partial charge in [0.1, 0.15) is 23.2 Å². The van der Waals surface area contributed by atoms with E-state index in [-0.39, 0.29) is 18.3 Å². The standard InChI is InChI=1S/C27H25FN4O2/c1-18-7-13-22(14-8-18)29-26-24(19-9-11-21(28)12-10-19)30-23-17-31(15-16-32(23)26)27(34)25(33)20-5-3-2-4-6-20/h2-14,25,29,33H,15-17H2,1H3/t25-/m1/s1. The molecule has 0 aliphatic carbocycles. The Balaban J connectivity index is 1.47. The Morgan fingerprint density at radius 1 is 1.00 bits per heavy atom. The molecular weight excluding hydrogens is 431 g/mol. The summed E-state index contributed by atoms with van der Waals surface area (Å²) in [7, 11) is 0. The lowest BCUT2D eigenvalue weighted by molar-refractivity contribution is -0.142. The molecule has 0 bridgehead atoms. The van der Waals surface area contributed by atoms with Crippen LogP contribution in [-0.4, -0.2) is 32.0 Å². The van der Waals surface area contributed by atoms with Gasteiger partial charge in [-0.2, -0.15) is 0 Å². The number of anilines is 2. The Labute approximate surface area is 197 Å². The first-order chi connectivity index (χ1) is 16.5. The monoisotopic (exact) mass is 456 g/mol. The second-order valence-electron chi connectivity index (χ2n) is 8.45. The van der Waals surface area contributed by atoms with Crippen molar-refractivity contribution in [2.45, 2.75) is 26.1 Å². The second kappa shape index (κ2) is 9.11. The number of benzene rings is 3. The summed E-state index contributed by atoms with van der Waals surface area (Å²) in [5.41, 5.74) is 4.10. The summed E-state index contributed by atoms with van der Waals surface area (Å²) in [4.78, 5) is 19.5. The quantitative estimate of drug-likeness (QED) is 0.452. The maximum atomic E-state index is 13.6. The number of carbonyl (C=O) groups excluding carboxylic acids is 1. The number of hydrogen-bond donors (Lipinski definition) is 2. The highest BCUT2D eigenvalue weighted by Gasteiger charge is 2.30. The number of rotatable bonds is 5. The fourth-order valence-electron chi connectivity index (χ4n) is 4.18. The molecule has 6 nitrogen and oxygen atoms in total. The lowest BCUT2D eigenvalue weighted by Gasteiger charge is -2.30. The Bertz CT molecular complexity index is 1300. The second-order valence-corrected chi connectivity index (χ2v) is 8.45. The van der Waals surface area contributed by atoms with Gasteiger partial charge in [-0.25, -0.2) is 9.37 Å². The predicted molar refractivity (Wildman–Crippen MR) is 129 cm³/mol. The van der Waals surface area contributed by atoms with E-state index in [1.54, 1.807) is 41.3 Å². The van der Waals surface area contributed by atoms with Crippen LogP contribution < -0.4 is 5.32 Å². The van der Waals surface area contributed by atoms with E-state index in [0.29, 0.717) is 30.2 Å². The number of fused-ring (bicyclic) bond motifs is 1. The van der Waals surface area contributed by atoms with Crippen molar-refractivity contribution in [2.75, 3.05) is 11.9 Å². The number of aliphatic hydroxyl groups is 1. The van der Waals surface area contributed by atoms with E-state index in [1.807, 2.05) is 37.3 Å². The van der Waals surface area contributed by atoms with E-state index < -0.39 is 6.10 Å². The van der Waals surface area contributed by atoms with Gasteiger partial charge in [-0.05, 0) is 48.9 Å². The topological polar surface area (TPSA) is 70.4 Å². The van der Waals surface area contributed by atoms with Gasteiger partial charge in [-0.1, -0.05) is 48.0 Å². The fourth-order valence-corrected chi connectivity index (χ4v) is 4.18. The molecular formula is C27H25FN4O2. The lowest BCUT2D eigenvalue weighted by Crippen LogP contribution is -2.41. The Kier molecular flexibility index (Phi) is 5.86. The number of amides is 1. The number of aromatic nitrogens is 2. The minimum absolute atomic E-state index is 0.270. The first kappa shape index (κ1) is 21.9. The number of nitrogens with zero attached hydrogens (tertiary/aromatic N) is 3. The van der Waals surface area contributed by atoms with Crippen molar-refractivity contribution < 1.29 is 14.3 Å². The number of aliphatic hydroxyl groups excluding tert-OH is 1. The Morgan fingerprint density at radius 3 is 2.41 bits per heavy atom. The van der Waals surface area contributed by atoms with Crippen molar-refractivity contribution in [3.8, 4) is 11.3 Å². The van der Waals surface area contributed by atoms with Gasteiger partial charge in [0.05, 0.1) is 6.54 Å². The minimum atomic E-state index is -1.22. The lowest BCUT2D eigenvalue weighted by atomic mass is 10.1. The molecule has 1 atom stereocenters. The maximum Gasteiger partial charge on any atom is 0.256 e. The average molecular weight is 457 g/mol. The molecule has 7 heteroatoms. The summed E-state index contributed by atoms with van der Waals surface area (Å²) in [6.45, 7) is 3.26. The molecule has 0 spiro atoms. The molecule has 2 N–H and O–H groups in total. The summed E-state index contributed by atoms with van der Waals surface area (Å²) in [6.07, 6.45) is -1.22. The minimum Gasteiger partial charge on any atom is -0.378 e. The highest BCUT2D eigenvalue weighted by molar-refractivity contribution is 5.82. The highest BCUT2D eigenvalue weighted by Crippen LogP contribution is 2.34. The SMILES string of the molecule is Cc1ccc(Nc2c(-c3ccc(F)cc3)nc3n2CCN(C(=O)[C@H](O)c2ccccc2)C3)cc1. The molecule has 0 fully saturated rings. The summed E-state index contributed by atoms with van der Waals surface area (Å²) >= 11 is 0. The largest absolute Gasteiger partial charge is 0.378 e. The van der Waals surface area contributed by atoms with E-state index in [2.05, 4.69) is 9.88 Å². The summed E-state index contributed by atoms with van der Waals surface area (Å²) in [6, 6.07) is 23.2. The summed E-state index contributed by atoms with van der Waals surface area (Å²) in [5, 5.41) is 14.1. The molecule has 34 heavy (non-hydrogen) atoms. The van der Waals surface area contributed by atoms with Crippen LogP contribution in [0.4, 0.5) is 15.9 Å². The molecule has 4 aromatic rings. The number of nitrogens with one attached hydrogen (secondary N) is 1. The zero-order valence-corrected chi connectivity index (χ0v) is 18.8. The highest BCUT2D eigenvalue weighted by atomic mass is 19.1. The molecule has 0 radical (unpaired) electrons. The third kappa shape index (κ3) is 4.30. The Morgan fingerprint density at radius 2 is 1.71 bits per heavy atom. The van der Waals surface area contributed by atoms with E-state index in [4.69, 9.17) is 4.98 Å². The first-order valence-electron chi connectivity index (χ1n) is 11.2. The van der Waals surface area contributed by atoms with Crippen molar-refractivity contribution in [3.05, 3.63) is 102 Å². The van der Waals surface area contributed by atoms with E-state index in [9.17, 15) is 14.3 Å². The van der Waals surface area contributed by atoms with Crippen LogP contribution in [0.15, 0.2) is 78.9 Å². The van der Waals surface area contributed by atoms with Gasteiger partial charge in [0, 0.05) is 24.3 Å². The molecule has 172 valence electrons. The van der Waals surface area contributed by atoms with E-state index in [0.717, 1.165) is 22.6 Å². The van der Waals surface area contributed by atoms with Gasteiger partial charge >= 0.3 is 0 Å². The third-order valence-electron chi connectivity index (χ3n) is 6.07. The molecule has 1 aliphatic heterocycles. The molecule has 1 amide bonds. The molecule has 1 aliphatic rings. The van der Waals surface area contributed by atoms with Gasteiger partial charge in [0.25, 0.3) is 5.91 Å². The number of imidazole rings is 1. The Hall–Kier alpha value is -3.97. The van der Waals surface area contributed by atoms with Gasteiger partial charge in [0.2, 0.25) is 0 Å². The summed E-state index contributed by atoms with van der Waals surface area (Å²) in [5.74, 6) is 0.833. The molecule has 3 aromatic carbocycles. The van der Waals surface area contributed by atoms with Crippen molar-refractivity contribution in [2.24, 2.45) is 0 Å². The smallest absolute Gasteiger partial charge is 0.256 e. The average Bonchev–Trinajstić information content (AvgIpc) is 3.23. The van der Waals surface area contributed by atoms with Crippen molar-refractivity contribution in [1.82, 2.24) is 14.5 Å². The van der Waals surface area contributed by atoms with Crippen molar-refractivity contribution in [3.63, 3.8) is 0 Å². The van der Waals surface area contributed by atoms with E-state index in [1.165, 1.54) is 12.1 Å². The van der Waals surface area contributed by atoms with Crippen LogP contribution in [0.2, 0.25) is 0 Å². The van der Waals surface area contributed by atoms with Gasteiger partial charge in [-0.15, -0.1) is 0 Å². The zero-order chi connectivity index (χ0) is 23.7. The van der Waals surface area contributed by atoms with Gasteiger partial charge < -0.3 is 19.9 Å². The molecule has 1 aromatic heterocycles. The number of carbonyl (C=O) groups is 1. The normalized spacial score (nSPS) is 13.9. The third-order valence-corrected chi connectivity index (χ3v) is 6.07. The van der Waals surface area contributed by atoms with Crippen LogP contribution >= 0.6 is 0 Å². The number of aryl methyl sites for hydroxylation is 1. The summed E-state index contributed by atoms with van der Waals surface area (Å²) < 4.78 is 15.6. The molecule has 0 saturated carbocycles. The molecule has 2 heterocycles. The van der Waals surface area contributed by atoms with Gasteiger partial charge in [0.15, 0.2) is 6.10 Å². The van der Waals surface area contributed by atoms with E-state index >= 15 is 0 Å². The van der Waals surface area contributed by atoms with Crippen LogP contribution in [0.1, 0.15) is 23.1 Å². The molecule has 0 unspecified atom stereocenters. The maximum absolute atomic E-state index is 13.6.